The van der Waals surface area contributed by atoms with Crippen molar-refractivity contribution in [3.8, 4) is 0 Å². The molecule has 0 radical (unpaired) electrons. The number of fused-ring (bicyclic) bond motifs is 1. The number of hydrogen-bond acceptors (Lipinski definition) is 3. The fourth-order valence-corrected chi connectivity index (χ4v) is 2.64. The molecule has 0 aliphatic heterocycles. The molecule has 0 saturated carbocycles. The topological polar surface area (TPSA) is 62.0 Å². The molecule has 98 valence electrons. The minimum absolute atomic E-state index is 0.374. The number of sulfone groups is 1. The van der Waals surface area contributed by atoms with Gasteiger partial charge in [-0.3, -0.25) is 0 Å². The van der Waals surface area contributed by atoms with E-state index in [1.54, 1.807) is 12.1 Å². The molecule has 5 heteroatoms. The van der Waals surface area contributed by atoms with Crippen molar-refractivity contribution in [2.45, 2.75) is 18.2 Å². The maximum absolute atomic E-state index is 11.5. The Bertz CT molecular complexity index is 644. The van der Waals surface area contributed by atoms with E-state index in [0.717, 1.165) is 36.0 Å². The SMILES string of the molecule is CCNCCc1c[nH]c2ccc(S(C)(=O)=O)cc12. The molecule has 0 fully saturated rings. The van der Waals surface area contributed by atoms with Gasteiger partial charge in [-0.1, -0.05) is 6.92 Å². The average Bonchev–Trinajstić information content (AvgIpc) is 2.71. The first-order valence-corrected chi connectivity index (χ1v) is 7.92. The minimum atomic E-state index is -3.14. The molecule has 2 rings (SSSR count). The van der Waals surface area contributed by atoms with Gasteiger partial charge in [0.25, 0.3) is 0 Å². The summed E-state index contributed by atoms with van der Waals surface area (Å²) in [5.74, 6) is 0. The normalized spacial score (nSPS) is 12.1. The van der Waals surface area contributed by atoms with E-state index < -0.39 is 9.84 Å². The highest BCUT2D eigenvalue weighted by atomic mass is 32.2. The van der Waals surface area contributed by atoms with Crippen LogP contribution in [0.25, 0.3) is 10.9 Å². The van der Waals surface area contributed by atoms with Crippen molar-refractivity contribution in [2.75, 3.05) is 19.3 Å². The van der Waals surface area contributed by atoms with Gasteiger partial charge < -0.3 is 10.3 Å². The highest BCUT2D eigenvalue weighted by molar-refractivity contribution is 7.90. The van der Waals surface area contributed by atoms with Crippen LogP contribution in [0.3, 0.4) is 0 Å². The summed E-state index contributed by atoms with van der Waals surface area (Å²) in [7, 11) is -3.14. The number of H-pyrrole nitrogens is 1. The van der Waals surface area contributed by atoms with Gasteiger partial charge >= 0.3 is 0 Å². The monoisotopic (exact) mass is 266 g/mol. The summed E-state index contributed by atoms with van der Waals surface area (Å²) in [6, 6.07) is 5.22. The van der Waals surface area contributed by atoms with Crippen molar-refractivity contribution >= 4 is 20.7 Å². The van der Waals surface area contributed by atoms with Crippen molar-refractivity contribution in [3.63, 3.8) is 0 Å². The van der Waals surface area contributed by atoms with Crippen molar-refractivity contribution in [3.05, 3.63) is 30.0 Å². The van der Waals surface area contributed by atoms with Crippen molar-refractivity contribution in [1.29, 1.82) is 0 Å². The van der Waals surface area contributed by atoms with E-state index in [2.05, 4.69) is 17.2 Å². The zero-order valence-corrected chi connectivity index (χ0v) is 11.5. The van der Waals surface area contributed by atoms with Crippen LogP contribution >= 0.6 is 0 Å². The second kappa shape index (κ2) is 5.12. The predicted molar refractivity (Wildman–Crippen MR) is 73.7 cm³/mol. The largest absolute Gasteiger partial charge is 0.361 e. The molecule has 0 amide bonds. The summed E-state index contributed by atoms with van der Waals surface area (Å²) in [6.45, 7) is 3.90. The maximum atomic E-state index is 11.5. The molecule has 0 unspecified atom stereocenters. The van der Waals surface area contributed by atoms with E-state index >= 15 is 0 Å². The lowest BCUT2D eigenvalue weighted by atomic mass is 10.1. The first kappa shape index (κ1) is 13.1. The van der Waals surface area contributed by atoms with Gasteiger partial charge in [-0.05, 0) is 43.3 Å². The molecule has 1 heterocycles. The molecule has 1 aromatic carbocycles. The van der Waals surface area contributed by atoms with E-state index in [-0.39, 0.29) is 0 Å². The molecule has 0 aliphatic carbocycles. The Morgan fingerprint density at radius 1 is 1.33 bits per heavy atom. The molecule has 4 nitrogen and oxygen atoms in total. The van der Waals surface area contributed by atoms with Crippen molar-refractivity contribution < 1.29 is 8.42 Å². The smallest absolute Gasteiger partial charge is 0.175 e. The van der Waals surface area contributed by atoms with Crippen LogP contribution < -0.4 is 5.32 Å². The molecule has 2 aromatic rings. The highest BCUT2D eigenvalue weighted by Gasteiger charge is 2.10. The van der Waals surface area contributed by atoms with Crippen LogP contribution in [0.2, 0.25) is 0 Å². The average molecular weight is 266 g/mol. The second-order valence-electron chi connectivity index (χ2n) is 4.40. The lowest BCUT2D eigenvalue weighted by Gasteiger charge is -2.02. The molecule has 0 atom stereocenters. The molecule has 1 aromatic heterocycles. The molecule has 18 heavy (non-hydrogen) atoms. The quantitative estimate of drug-likeness (QED) is 0.810. The van der Waals surface area contributed by atoms with E-state index in [1.807, 2.05) is 12.3 Å². The third-order valence-corrected chi connectivity index (χ3v) is 4.10. The van der Waals surface area contributed by atoms with E-state index in [1.165, 1.54) is 6.26 Å². The van der Waals surface area contributed by atoms with Crippen LogP contribution in [0.15, 0.2) is 29.3 Å². The van der Waals surface area contributed by atoms with Gasteiger partial charge in [0.1, 0.15) is 0 Å². The van der Waals surface area contributed by atoms with Gasteiger partial charge in [0.2, 0.25) is 0 Å². The number of likely N-dealkylation sites (N-methyl/N-ethyl adjacent to an activating group) is 1. The zero-order chi connectivity index (χ0) is 13.2. The fraction of sp³-hybridized carbons (Fsp3) is 0.385. The first-order chi connectivity index (χ1) is 8.52. The Balaban J connectivity index is 2.37. The molecular weight excluding hydrogens is 248 g/mol. The number of rotatable bonds is 5. The summed E-state index contributed by atoms with van der Waals surface area (Å²) >= 11 is 0. The summed E-state index contributed by atoms with van der Waals surface area (Å²) in [5.41, 5.74) is 2.13. The lowest BCUT2D eigenvalue weighted by Crippen LogP contribution is -2.15. The van der Waals surface area contributed by atoms with Gasteiger partial charge in [0.15, 0.2) is 9.84 Å². The molecular formula is C13H18N2O2S. The number of nitrogens with one attached hydrogen (secondary N) is 2. The van der Waals surface area contributed by atoms with Crippen molar-refractivity contribution in [2.24, 2.45) is 0 Å². The third-order valence-electron chi connectivity index (χ3n) is 2.99. The van der Waals surface area contributed by atoms with Crippen LogP contribution in [-0.4, -0.2) is 32.7 Å². The number of aromatic nitrogens is 1. The fourth-order valence-electron chi connectivity index (χ4n) is 1.99. The highest BCUT2D eigenvalue weighted by Crippen LogP contribution is 2.22. The van der Waals surface area contributed by atoms with Crippen LogP contribution in [0, 0.1) is 0 Å². The Morgan fingerprint density at radius 2 is 2.11 bits per heavy atom. The Hall–Kier alpha value is -1.33. The minimum Gasteiger partial charge on any atom is -0.361 e. The first-order valence-electron chi connectivity index (χ1n) is 6.03. The van der Waals surface area contributed by atoms with Crippen molar-refractivity contribution in [1.82, 2.24) is 10.3 Å². The van der Waals surface area contributed by atoms with E-state index in [0.29, 0.717) is 4.90 Å². The Morgan fingerprint density at radius 3 is 2.78 bits per heavy atom. The van der Waals surface area contributed by atoms with Gasteiger partial charge in [0.05, 0.1) is 4.90 Å². The van der Waals surface area contributed by atoms with Crippen LogP contribution in [0.1, 0.15) is 12.5 Å². The van der Waals surface area contributed by atoms with Gasteiger partial charge in [-0.25, -0.2) is 8.42 Å². The lowest BCUT2D eigenvalue weighted by molar-refractivity contribution is 0.602. The molecule has 0 aliphatic rings. The number of hydrogen-bond donors (Lipinski definition) is 2. The van der Waals surface area contributed by atoms with Gasteiger partial charge in [-0.15, -0.1) is 0 Å². The maximum Gasteiger partial charge on any atom is 0.175 e. The van der Waals surface area contributed by atoms with Crippen LogP contribution in [0.5, 0.6) is 0 Å². The summed E-state index contributed by atoms with van der Waals surface area (Å²) in [5, 5.41) is 4.26. The van der Waals surface area contributed by atoms with Crippen LogP contribution in [-0.2, 0) is 16.3 Å². The summed E-state index contributed by atoms with van der Waals surface area (Å²) < 4.78 is 23.1. The Kier molecular flexibility index (Phi) is 3.73. The summed E-state index contributed by atoms with van der Waals surface area (Å²) in [6.07, 6.45) is 4.08. The number of aromatic amines is 1. The number of benzene rings is 1. The summed E-state index contributed by atoms with van der Waals surface area (Å²) in [4.78, 5) is 3.55. The molecule has 0 saturated heterocycles. The van der Waals surface area contributed by atoms with Gasteiger partial charge in [0, 0.05) is 23.4 Å². The zero-order valence-electron chi connectivity index (χ0n) is 10.7. The molecule has 0 spiro atoms. The van der Waals surface area contributed by atoms with Crippen LogP contribution in [0.4, 0.5) is 0 Å². The third kappa shape index (κ3) is 2.73. The van der Waals surface area contributed by atoms with E-state index in [9.17, 15) is 8.42 Å². The Labute approximate surface area is 107 Å². The predicted octanol–water partition coefficient (Wildman–Crippen LogP) is 1.72. The molecule has 0 bridgehead atoms. The second-order valence-corrected chi connectivity index (χ2v) is 6.41. The van der Waals surface area contributed by atoms with E-state index in [4.69, 9.17) is 0 Å². The van der Waals surface area contributed by atoms with Gasteiger partial charge in [-0.2, -0.15) is 0 Å². The molecule has 2 N–H and O–H groups in total. The standard InChI is InChI=1S/C13H18N2O2S/c1-3-14-7-6-10-9-15-13-5-4-11(8-12(10)13)18(2,16)17/h4-5,8-9,14-15H,3,6-7H2,1-2H3.